The van der Waals surface area contributed by atoms with E-state index >= 15 is 0 Å². The van der Waals surface area contributed by atoms with Crippen molar-refractivity contribution in [2.45, 2.75) is 0 Å². The van der Waals surface area contributed by atoms with Crippen molar-refractivity contribution in [1.29, 1.82) is 0 Å². The zero-order valence-corrected chi connectivity index (χ0v) is 6.07. The molecule has 5 heavy (non-hydrogen) atoms. The topological polar surface area (TPSA) is 57.0 Å². The van der Waals surface area contributed by atoms with Crippen molar-refractivity contribution in [2.24, 2.45) is 0 Å². The van der Waals surface area contributed by atoms with Gasteiger partial charge in [0.05, 0.1) is 0 Å². The fraction of sp³-hybridized carbons (Fsp3) is 0. The molecule has 0 aromatic carbocycles. The first-order chi connectivity index (χ1) is 0. The van der Waals surface area contributed by atoms with Crippen molar-refractivity contribution in [2.75, 3.05) is 0 Å². The van der Waals surface area contributed by atoms with Gasteiger partial charge in [-0.1, -0.05) is 0 Å². The molecule has 0 rings (SSSR count). The molecular formula is ClO2Ti2+3. The second-order valence-corrected chi connectivity index (χ2v) is 0. The van der Waals surface area contributed by atoms with Gasteiger partial charge in [0.1, 0.15) is 0 Å². The van der Waals surface area contributed by atoms with Crippen molar-refractivity contribution in [3.8, 4) is 0 Å². The molecule has 0 aromatic rings. The summed E-state index contributed by atoms with van der Waals surface area (Å²) in [5.41, 5.74) is 0. The van der Waals surface area contributed by atoms with Crippen LogP contribution in [0.5, 0.6) is 0 Å². The average molecular weight is 163 g/mol. The molecule has 0 bridgehead atoms. The fourth-order valence-corrected chi connectivity index (χ4v) is 0. The Morgan fingerprint density at radius 2 is 0.600 bits per heavy atom. The molecule has 0 radical (unpaired) electrons. The normalized spacial score (nSPS) is 0. The minimum Gasteiger partial charge on any atom is -2.00 e. The van der Waals surface area contributed by atoms with E-state index in [1.807, 2.05) is 0 Å². The molecule has 0 N–H and O–H groups in total. The van der Waals surface area contributed by atoms with Crippen molar-refractivity contribution in [3.05, 3.63) is 0 Å². The minimum absolute atomic E-state index is 0. The molecule has 0 saturated carbocycles. The first-order valence-corrected chi connectivity index (χ1v) is 0. The SMILES string of the molecule is [Cl-].[O-2].[O-2].[Ti+4].[Ti+4]. The monoisotopic (exact) mass is 163 g/mol. The van der Waals surface area contributed by atoms with E-state index in [1.54, 1.807) is 0 Å². The van der Waals surface area contributed by atoms with Crippen LogP contribution < -0.4 is 12.4 Å². The third-order valence-corrected chi connectivity index (χ3v) is 0. The smallest absolute Gasteiger partial charge is 2.00 e. The van der Waals surface area contributed by atoms with Crippen molar-refractivity contribution in [3.63, 3.8) is 0 Å². The summed E-state index contributed by atoms with van der Waals surface area (Å²) < 4.78 is 0. The minimum atomic E-state index is 0. The summed E-state index contributed by atoms with van der Waals surface area (Å²) in [6.45, 7) is 0. The van der Waals surface area contributed by atoms with Gasteiger partial charge in [-0.25, -0.2) is 0 Å². The fourth-order valence-electron chi connectivity index (χ4n) is 0. The Bertz CT molecular complexity index is 7.61. The van der Waals surface area contributed by atoms with E-state index in [-0.39, 0.29) is 66.8 Å². The van der Waals surface area contributed by atoms with E-state index in [4.69, 9.17) is 0 Å². The summed E-state index contributed by atoms with van der Waals surface area (Å²) in [5.74, 6) is 0. The van der Waals surface area contributed by atoms with Gasteiger partial charge in [0, 0.05) is 0 Å². The van der Waals surface area contributed by atoms with E-state index in [9.17, 15) is 0 Å². The van der Waals surface area contributed by atoms with Crippen LogP contribution in [-0.2, 0) is 54.4 Å². The van der Waals surface area contributed by atoms with Gasteiger partial charge in [0.25, 0.3) is 0 Å². The number of hydrogen-bond acceptors (Lipinski definition) is 0. The van der Waals surface area contributed by atoms with Gasteiger partial charge < -0.3 is 23.4 Å². The molecular weight excluding hydrogens is 163 g/mol. The average Bonchev–Trinajstić information content (AvgIpc) is 0. The van der Waals surface area contributed by atoms with Crippen LogP contribution in [0.1, 0.15) is 0 Å². The summed E-state index contributed by atoms with van der Waals surface area (Å²) in [7, 11) is 0. The van der Waals surface area contributed by atoms with E-state index in [2.05, 4.69) is 0 Å². The van der Waals surface area contributed by atoms with Gasteiger partial charge in [0.2, 0.25) is 0 Å². The van der Waals surface area contributed by atoms with Gasteiger partial charge in [-0.3, -0.25) is 0 Å². The maximum Gasteiger partial charge on any atom is 4.00 e. The molecule has 0 atom stereocenters. The number of halogens is 1. The Balaban J connectivity index is 0. The molecule has 5 heteroatoms. The molecule has 24 valence electrons. The molecule has 0 saturated heterocycles. The van der Waals surface area contributed by atoms with Gasteiger partial charge in [-0.2, -0.15) is 0 Å². The maximum atomic E-state index is 0. The van der Waals surface area contributed by atoms with Gasteiger partial charge in [-0.05, 0) is 0 Å². The molecule has 0 spiro atoms. The van der Waals surface area contributed by atoms with E-state index < -0.39 is 0 Å². The Hall–Kier alpha value is 1.64. The summed E-state index contributed by atoms with van der Waals surface area (Å²) in [4.78, 5) is 0. The predicted octanol–water partition coefficient (Wildman–Crippen LogP) is -3.24. The van der Waals surface area contributed by atoms with E-state index in [1.165, 1.54) is 0 Å². The molecule has 0 aliphatic carbocycles. The first-order valence-electron chi connectivity index (χ1n) is 0. The third-order valence-electron chi connectivity index (χ3n) is 0. The molecule has 0 fully saturated rings. The molecule has 0 aliphatic heterocycles. The van der Waals surface area contributed by atoms with Gasteiger partial charge >= 0.3 is 43.4 Å². The second kappa shape index (κ2) is 45.2. The number of hydrogen-bond donors (Lipinski definition) is 0. The van der Waals surface area contributed by atoms with E-state index in [0.717, 1.165) is 0 Å². The Morgan fingerprint density at radius 3 is 0.600 bits per heavy atom. The molecule has 0 unspecified atom stereocenters. The predicted molar refractivity (Wildman–Crippen MR) is 1.37 cm³/mol. The molecule has 0 aromatic heterocycles. The van der Waals surface area contributed by atoms with Crippen LogP contribution in [0.25, 0.3) is 0 Å². The standard InChI is InChI=1S/ClH.2O.2Ti/h1H;;;;/q;2*-2;2*+4/p-1. The molecule has 2 nitrogen and oxygen atoms in total. The van der Waals surface area contributed by atoms with Crippen LogP contribution >= 0.6 is 0 Å². The second-order valence-electron chi connectivity index (χ2n) is 0. The van der Waals surface area contributed by atoms with Crippen molar-refractivity contribution >= 4 is 0 Å². The molecule has 0 amide bonds. The Labute approximate surface area is 66.5 Å². The summed E-state index contributed by atoms with van der Waals surface area (Å²) in [5, 5.41) is 0. The largest absolute Gasteiger partial charge is 4.00 e. The summed E-state index contributed by atoms with van der Waals surface area (Å²) in [6.07, 6.45) is 0. The summed E-state index contributed by atoms with van der Waals surface area (Å²) >= 11 is 0. The zero-order chi connectivity index (χ0) is 0. The van der Waals surface area contributed by atoms with Crippen LogP contribution in [0.4, 0.5) is 0 Å². The maximum absolute atomic E-state index is 0. The van der Waals surface area contributed by atoms with E-state index in [0.29, 0.717) is 0 Å². The molecule has 0 heterocycles. The molecule has 0 aliphatic rings. The van der Waals surface area contributed by atoms with Crippen molar-refractivity contribution in [1.82, 2.24) is 0 Å². The quantitative estimate of drug-likeness (QED) is 0.337. The van der Waals surface area contributed by atoms with Crippen LogP contribution in [0.15, 0.2) is 0 Å². The van der Waals surface area contributed by atoms with Crippen LogP contribution in [0, 0.1) is 0 Å². The van der Waals surface area contributed by atoms with Crippen LogP contribution in [0.3, 0.4) is 0 Å². The Kier molecular flexibility index (Phi) is 710. The zero-order valence-electron chi connectivity index (χ0n) is 2.19. The van der Waals surface area contributed by atoms with Crippen molar-refractivity contribution < 1.29 is 66.8 Å². The van der Waals surface area contributed by atoms with Gasteiger partial charge in [0.15, 0.2) is 0 Å². The third kappa shape index (κ3) is 27.8. The van der Waals surface area contributed by atoms with Gasteiger partial charge in [-0.15, -0.1) is 0 Å². The number of rotatable bonds is 0. The van der Waals surface area contributed by atoms with Crippen LogP contribution in [-0.4, -0.2) is 0 Å². The summed E-state index contributed by atoms with van der Waals surface area (Å²) in [6, 6.07) is 0. The first kappa shape index (κ1) is 78.6. The Morgan fingerprint density at radius 1 is 0.600 bits per heavy atom. The van der Waals surface area contributed by atoms with Crippen LogP contribution in [0.2, 0.25) is 0 Å².